The molecule has 0 amide bonds. The molecule has 34 heavy (non-hydrogen) atoms. The first-order valence-corrected chi connectivity index (χ1v) is 14.6. The zero-order valence-corrected chi connectivity index (χ0v) is 23.8. The van der Waals surface area contributed by atoms with Crippen LogP contribution in [0.3, 0.4) is 0 Å². The predicted octanol–water partition coefficient (Wildman–Crippen LogP) is 6.85. The van der Waals surface area contributed by atoms with Crippen LogP contribution in [0, 0.1) is 47.5 Å². The predicted molar refractivity (Wildman–Crippen MR) is 153 cm³/mol. The van der Waals surface area contributed by atoms with Gasteiger partial charge >= 0.3 is 0 Å². The average molecular weight is 465 g/mol. The Morgan fingerprint density at radius 1 is 0.441 bits per heavy atom. The summed E-state index contributed by atoms with van der Waals surface area (Å²) in [6.07, 6.45) is 0. The summed E-state index contributed by atoms with van der Waals surface area (Å²) >= 11 is 0. The summed E-state index contributed by atoms with van der Waals surface area (Å²) in [4.78, 5) is 0. The van der Waals surface area contributed by atoms with E-state index in [1.54, 1.807) is 10.8 Å². The molecule has 0 nitrogen and oxygen atoms in total. The Bertz CT molecular complexity index is 1160. The van der Waals surface area contributed by atoms with E-state index in [0.717, 1.165) is 0 Å². The highest BCUT2D eigenvalue weighted by atomic mass is 28.3. The lowest BCUT2D eigenvalue weighted by molar-refractivity contribution is 0.816. The van der Waals surface area contributed by atoms with Gasteiger partial charge in [-0.1, -0.05) is 112 Å². The van der Waals surface area contributed by atoms with Crippen molar-refractivity contribution in [1.82, 2.24) is 0 Å². The maximum absolute atomic E-state index is 2.57. The van der Waals surface area contributed by atoms with Crippen molar-refractivity contribution in [1.29, 1.82) is 0 Å². The molecule has 0 saturated heterocycles. The van der Waals surface area contributed by atoms with E-state index in [9.17, 15) is 0 Å². The SMILES string of the molecule is CC1=C(C)[C@H](C)C(C)=C1[Si](c1cc(C)cc(C)c1)(c1cc(C)cc(C)c1)c1cc(C)cc(C)c1. The molecule has 0 unspecified atom stereocenters. The molecular weight excluding hydrogens is 424 g/mol. The smallest absolute Gasteiger partial charge is 0.0658 e. The van der Waals surface area contributed by atoms with Crippen molar-refractivity contribution in [2.24, 2.45) is 5.92 Å². The van der Waals surface area contributed by atoms with Crippen molar-refractivity contribution in [2.45, 2.75) is 69.2 Å². The topological polar surface area (TPSA) is 0 Å². The fraction of sp³-hybridized carbons (Fsp3) is 0.333. The number of hydrogen-bond donors (Lipinski definition) is 0. The van der Waals surface area contributed by atoms with Crippen LogP contribution in [-0.2, 0) is 0 Å². The quantitative estimate of drug-likeness (QED) is 0.293. The molecule has 0 saturated carbocycles. The first-order valence-electron chi connectivity index (χ1n) is 12.6. The number of aryl methyl sites for hydroxylation is 6. The summed E-state index contributed by atoms with van der Waals surface area (Å²) in [5.41, 5.74) is 12.7. The Kier molecular flexibility index (Phi) is 6.38. The minimum atomic E-state index is -2.57. The fourth-order valence-electron chi connectivity index (χ4n) is 6.44. The Labute approximate surface area is 208 Å². The monoisotopic (exact) mass is 464 g/mol. The first kappa shape index (κ1) is 24.5. The van der Waals surface area contributed by atoms with Crippen LogP contribution in [0.25, 0.3) is 0 Å². The van der Waals surface area contributed by atoms with Crippen LogP contribution in [0.5, 0.6) is 0 Å². The molecule has 0 heterocycles. The Balaban J connectivity index is 2.31. The van der Waals surface area contributed by atoms with E-state index < -0.39 is 8.07 Å². The molecule has 1 heteroatoms. The van der Waals surface area contributed by atoms with Crippen LogP contribution in [-0.4, -0.2) is 8.07 Å². The van der Waals surface area contributed by atoms with E-state index in [2.05, 4.69) is 124 Å². The molecule has 0 aromatic heterocycles. The van der Waals surface area contributed by atoms with Gasteiger partial charge in [0.15, 0.2) is 8.07 Å². The summed E-state index contributed by atoms with van der Waals surface area (Å²) < 4.78 is 0. The molecular formula is C33H40Si. The molecule has 1 aliphatic rings. The molecule has 0 spiro atoms. The van der Waals surface area contributed by atoms with Crippen LogP contribution in [0.2, 0.25) is 0 Å². The van der Waals surface area contributed by atoms with E-state index in [1.807, 2.05) is 0 Å². The molecule has 1 atom stereocenters. The molecule has 4 rings (SSSR count). The first-order chi connectivity index (χ1) is 15.9. The van der Waals surface area contributed by atoms with E-state index in [0.29, 0.717) is 5.92 Å². The van der Waals surface area contributed by atoms with E-state index >= 15 is 0 Å². The standard InChI is InChI=1S/C33H40Si/c1-20-11-21(2)15-30(14-20)34(31-16-22(3)12-23(4)17-31,32-18-24(5)13-25(6)19-32)33-28(9)26(7)27(8)29(33)10/h11-19,26H,1-10H3/t26-/m0/s1. The number of hydrogen-bond acceptors (Lipinski definition) is 0. The summed E-state index contributed by atoms with van der Waals surface area (Å²) in [6.45, 7) is 23.1. The van der Waals surface area contributed by atoms with E-state index in [4.69, 9.17) is 0 Å². The maximum Gasteiger partial charge on any atom is 0.179 e. The second kappa shape index (κ2) is 8.85. The molecule has 0 aliphatic heterocycles. The number of benzene rings is 3. The third-order valence-corrected chi connectivity index (χ3v) is 13.0. The summed E-state index contributed by atoms with van der Waals surface area (Å²) in [5, 5.41) is 6.15. The third kappa shape index (κ3) is 3.94. The fourth-order valence-corrected chi connectivity index (χ4v) is 12.5. The minimum Gasteiger partial charge on any atom is -0.0658 e. The van der Waals surface area contributed by atoms with Gasteiger partial charge in [0.05, 0.1) is 0 Å². The third-order valence-electron chi connectivity index (χ3n) is 8.00. The van der Waals surface area contributed by atoms with Crippen LogP contribution in [0.1, 0.15) is 61.1 Å². The number of rotatable bonds is 4. The molecule has 176 valence electrons. The summed E-state index contributed by atoms with van der Waals surface area (Å²) in [5.74, 6) is 0.490. The molecule has 3 aromatic rings. The van der Waals surface area contributed by atoms with Crippen molar-refractivity contribution in [3.8, 4) is 0 Å². The van der Waals surface area contributed by atoms with Gasteiger partial charge in [-0.3, -0.25) is 0 Å². The van der Waals surface area contributed by atoms with Crippen LogP contribution in [0.4, 0.5) is 0 Å². The van der Waals surface area contributed by atoms with Gasteiger partial charge in [-0.15, -0.1) is 0 Å². The average Bonchev–Trinajstić information content (AvgIpc) is 2.91. The van der Waals surface area contributed by atoms with Crippen molar-refractivity contribution in [3.05, 3.63) is 110 Å². The van der Waals surface area contributed by atoms with Gasteiger partial charge in [0.25, 0.3) is 0 Å². The summed E-state index contributed by atoms with van der Waals surface area (Å²) in [6, 6.07) is 21.9. The second-order valence-electron chi connectivity index (χ2n) is 11.0. The Hall–Kier alpha value is -2.64. The second-order valence-corrected chi connectivity index (χ2v) is 14.7. The zero-order chi connectivity index (χ0) is 24.9. The molecule has 0 fully saturated rings. The lowest BCUT2D eigenvalue weighted by Gasteiger charge is -2.38. The normalized spacial score (nSPS) is 16.6. The van der Waals surface area contributed by atoms with Gasteiger partial charge in [-0.25, -0.2) is 0 Å². The van der Waals surface area contributed by atoms with E-state index in [1.165, 1.54) is 60.1 Å². The Morgan fingerprint density at radius 3 is 0.971 bits per heavy atom. The minimum absolute atomic E-state index is 0.490. The van der Waals surface area contributed by atoms with Crippen LogP contribution < -0.4 is 15.6 Å². The van der Waals surface area contributed by atoms with E-state index in [-0.39, 0.29) is 0 Å². The highest BCUT2D eigenvalue weighted by Gasteiger charge is 2.47. The lowest BCUT2D eigenvalue weighted by atomic mass is 10.0. The largest absolute Gasteiger partial charge is 0.179 e. The van der Waals surface area contributed by atoms with Gasteiger partial charge in [-0.2, -0.15) is 0 Å². The van der Waals surface area contributed by atoms with Crippen molar-refractivity contribution in [3.63, 3.8) is 0 Å². The molecule has 1 aliphatic carbocycles. The number of allylic oxidation sites excluding steroid dienone is 4. The zero-order valence-electron chi connectivity index (χ0n) is 22.8. The van der Waals surface area contributed by atoms with Crippen LogP contribution >= 0.6 is 0 Å². The van der Waals surface area contributed by atoms with Gasteiger partial charge in [0.2, 0.25) is 0 Å². The van der Waals surface area contributed by atoms with Gasteiger partial charge in [0, 0.05) is 0 Å². The van der Waals surface area contributed by atoms with Crippen molar-refractivity contribution in [2.75, 3.05) is 0 Å². The molecule has 0 bridgehead atoms. The van der Waals surface area contributed by atoms with Crippen LogP contribution in [0.15, 0.2) is 76.5 Å². The highest BCUT2D eigenvalue weighted by molar-refractivity contribution is 7.16. The summed E-state index contributed by atoms with van der Waals surface area (Å²) in [7, 11) is -2.57. The van der Waals surface area contributed by atoms with Gasteiger partial charge < -0.3 is 0 Å². The van der Waals surface area contributed by atoms with Gasteiger partial charge in [0.1, 0.15) is 0 Å². The van der Waals surface area contributed by atoms with Crippen molar-refractivity contribution >= 4 is 23.6 Å². The van der Waals surface area contributed by atoms with Gasteiger partial charge in [-0.05, 0) is 89.0 Å². The lowest BCUT2D eigenvalue weighted by Crippen LogP contribution is -2.69. The Morgan fingerprint density at radius 2 is 0.735 bits per heavy atom. The molecule has 3 aromatic carbocycles. The molecule has 0 radical (unpaired) electrons. The molecule has 0 N–H and O–H groups in total. The maximum atomic E-state index is 2.49. The van der Waals surface area contributed by atoms with Crippen molar-refractivity contribution < 1.29 is 0 Å². The highest BCUT2D eigenvalue weighted by Crippen LogP contribution is 2.41.